The van der Waals surface area contributed by atoms with Crippen molar-refractivity contribution < 1.29 is 4.74 Å². The molecule has 2 heteroatoms. The van der Waals surface area contributed by atoms with Gasteiger partial charge >= 0.3 is 0 Å². The summed E-state index contributed by atoms with van der Waals surface area (Å²) in [6.45, 7) is 9.46. The van der Waals surface area contributed by atoms with Crippen molar-refractivity contribution in [3.8, 4) is 0 Å². The number of hydrogen-bond donors (Lipinski definition) is 1. The van der Waals surface area contributed by atoms with Crippen LogP contribution in [-0.4, -0.2) is 19.8 Å². The van der Waals surface area contributed by atoms with E-state index in [1.807, 2.05) is 0 Å². The summed E-state index contributed by atoms with van der Waals surface area (Å²) in [5.41, 5.74) is 4.27. The van der Waals surface area contributed by atoms with Crippen molar-refractivity contribution in [2.24, 2.45) is 5.92 Å². The Morgan fingerprint density at radius 1 is 1.33 bits per heavy atom. The summed E-state index contributed by atoms with van der Waals surface area (Å²) in [5.74, 6) is 0.610. The molecule has 1 aromatic rings. The third-order valence-electron chi connectivity index (χ3n) is 3.94. The van der Waals surface area contributed by atoms with Gasteiger partial charge in [0.15, 0.2) is 0 Å². The van der Waals surface area contributed by atoms with Crippen molar-refractivity contribution in [3.05, 3.63) is 34.9 Å². The van der Waals surface area contributed by atoms with Crippen molar-refractivity contribution in [1.82, 2.24) is 5.32 Å². The number of benzene rings is 1. The van der Waals surface area contributed by atoms with Gasteiger partial charge in [0.05, 0.1) is 6.61 Å². The van der Waals surface area contributed by atoms with Gasteiger partial charge in [0.1, 0.15) is 0 Å². The smallest absolute Gasteiger partial charge is 0.0512 e. The fourth-order valence-corrected chi connectivity index (χ4v) is 3.07. The highest BCUT2D eigenvalue weighted by Gasteiger charge is 2.26. The highest BCUT2D eigenvalue weighted by atomic mass is 16.5. The summed E-state index contributed by atoms with van der Waals surface area (Å²) in [7, 11) is 0. The molecule has 2 nitrogen and oxygen atoms in total. The fourth-order valence-electron chi connectivity index (χ4n) is 3.07. The van der Waals surface area contributed by atoms with Crippen LogP contribution in [0.25, 0.3) is 0 Å². The molecule has 1 heterocycles. The highest BCUT2D eigenvalue weighted by molar-refractivity contribution is 5.36. The Hall–Kier alpha value is -0.860. The molecule has 18 heavy (non-hydrogen) atoms. The second-order valence-electron chi connectivity index (χ2n) is 5.32. The first-order valence-corrected chi connectivity index (χ1v) is 7.11. The molecule has 2 rings (SSSR count). The standard InChI is InChI=1S/C16H25NO/c1-4-17-16(14-9-6-10-18-11-14)15-12(2)7-5-8-13(15)3/h5,7-8,14,16-17H,4,6,9-11H2,1-3H3. The lowest BCUT2D eigenvalue weighted by Gasteiger charge is -2.33. The van der Waals surface area contributed by atoms with Crippen molar-refractivity contribution in [3.63, 3.8) is 0 Å². The van der Waals surface area contributed by atoms with Crippen LogP contribution in [0.2, 0.25) is 0 Å². The van der Waals surface area contributed by atoms with Crippen LogP contribution in [0.1, 0.15) is 42.5 Å². The topological polar surface area (TPSA) is 21.3 Å². The Labute approximate surface area is 111 Å². The summed E-state index contributed by atoms with van der Waals surface area (Å²) < 4.78 is 5.67. The van der Waals surface area contributed by atoms with Gasteiger partial charge in [0.2, 0.25) is 0 Å². The van der Waals surface area contributed by atoms with E-state index in [0.29, 0.717) is 12.0 Å². The van der Waals surface area contributed by atoms with Gasteiger partial charge in [-0.2, -0.15) is 0 Å². The zero-order chi connectivity index (χ0) is 13.0. The number of nitrogens with one attached hydrogen (secondary N) is 1. The minimum atomic E-state index is 0.441. The van der Waals surface area contributed by atoms with Gasteiger partial charge in [-0.3, -0.25) is 0 Å². The zero-order valence-electron chi connectivity index (χ0n) is 11.8. The van der Waals surface area contributed by atoms with Crippen molar-refractivity contribution in [2.75, 3.05) is 19.8 Å². The molecule has 0 saturated carbocycles. The normalized spacial score (nSPS) is 21.8. The molecule has 1 fully saturated rings. The predicted molar refractivity (Wildman–Crippen MR) is 75.9 cm³/mol. The Bertz CT molecular complexity index is 362. The number of aryl methyl sites for hydroxylation is 2. The van der Waals surface area contributed by atoms with Gasteiger partial charge in [0.25, 0.3) is 0 Å². The molecule has 1 aliphatic heterocycles. The molecule has 1 aromatic carbocycles. The molecule has 1 saturated heterocycles. The third kappa shape index (κ3) is 2.93. The van der Waals surface area contributed by atoms with E-state index >= 15 is 0 Å². The molecule has 0 aliphatic carbocycles. The molecule has 100 valence electrons. The van der Waals surface area contributed by atoms with E-state index in [0.717, 1.165) is 19.8 Å². The average Bonchev–Trinajstić information content (AvgIpc) is 2.38. The fraction of sp³-hybridized carbons (Fsp3) is 0.625. The van der Waals surface area contributed by atoms with Gasteiger partial charge in [-0.1, -0.05) is 25.1 Å². The summed E-state index contributed by atoms with van der Waals surface area (Å²) >= 11 is 0. The van der Waals surface area contributed by atoms with Crippen LogP contribution in [0.15, 0.2) is 18.2 Å². The first kappa shape index (κ1) is 13.6. The molecule has 1 N–H and O–H groups in total. The molecule has 0 radical (unpaired) electrons. The van der Waals surface area contributed by atoms with Crippen molar-refractivity contribution >= 4 is 0 Å². The van der Waals surface area contributed by atoms with Gasteiger partial charge in [0, 0.05) is 18.6 Å². The van der Waals surface area contributed by atoms with E-state index < -0.39 is 0 Å². The molecule has 2 atom stereocenters. The lowest BCUT2D eigenvalue weighted by Crippen LogP contribution is -2.34. The quantitative estimate of drug-likeness (QED) is 0.880. The van der Waals surface area contributed by atoms with Gasteiger partial charge in [-0.15, -0.1) is 0 Å². The Morgan fingerprint density at radius 3 is 2.61 bits per heavy atom. The van der Waals surface area contributed by atoms with E-state index in [4.69, 9.17) is 4.74 Å². The van der Waals surface area contributed by atoms with E-state index in [1.54, 1.807) is 0 Å². The number of rotatable bonds is 4. The maximum Gasteiger partial charge on any atom is 0.0512 e. The number of ether oxygens (including phenoxy) is 1. The van der Waals surface area contributed by atoms with Crippen LogP contribution in [-0.2, 0) is 4.74 Å². The van der Waals surface area contributed by atoms with Gasteiger partial charge < -0.3 is 10.1 Å². The molecule has 2 unspecified atom stereocenters. The second-order valence-corrected chi connectivity index (χ2v) is 5.32. The number of hydrogen-bond acceptors (Lipinski definition) is 2. The maximum atomic E-state index is 5.67. The van der Waals surface area contributed by atoms with Gasteiger partial charge in [-0.05, 0) is 49.9 Å². The van der Waals surface area contributed by atoms with Crippen LogP contribution in [0, 0.1) is 19.8 Å². The maximum absolute atomic E-state index is 5.67. The molecule has 0 aromatic heterocycles. The monoisotopic (exact) mass is 247 g/mol. The summed E-state index contributed by atoms with van der Waals surface area (Å²) in [6, 6.07) is 7.03. The largest absolute Gasteiger partial charge is 0.381 e. The Kier molecular flexibility index (Phi) is 4.79. The van der Waals surface area contributed by atoms with Crippen molar-refractivity contribution in [1.29, 1.82) is 0 Å². The average molecular weight is 247 g/mol. The van der Waals surface area contributed by atoms with E-state index in [2.05, 4.69) is 44.3 Å². The SMILES string of the molecule is CCNC(c1c(C)cccc1C)C1CCCOC1. The lowest BCUT2D eigenvalue weighted by molar-refractivity contribution is 0.0391. The molecular weight excluding hydrogens is 222 g/mol. The molecule has 0 spiro atoms. The summed E-state index contributed by atoms with van der Waals surface area (Å²) in [5, 5.41) is 3.67. The van der Waals surface area contributed by atoms with Crippen LogP contribution in [0.3, 0.4) is 0 Å². The van der Waals surface area contributed by atoms with E-state index in [1.165, 1.54) is 29.5 Å². The molecular formula is C16H25NO. The Morgan fingerprint density at radius 2 is 2.06 bits per heavy atom. The van der Waals surface area contributed by atoms with Crippen molar-refractivity contribution in [2.45, 2.75) is 39.7 Å². The molecule has 0 bridgehead atoms. The lowest BCUT2D eigenvalue weighted by atomic mass is 9.84. The Balaban J connectivity index is 2.28. The predicted octanol–water partition coefficient (Wildman–Crippen LogP) is 3.38. The first-order valence-electron chi connectivity index (χ1n) is 7.11. The van der Waals surface area contributed by atoms with Gasteiger partial charge in [-0.25, -0.2) is 0 Å². The summed E-state index contributed by atoms with van der Waals surface area (Å²) in [6.07, 6.45) is 2.46. The first-order chi connectivity index (χ1) is 8.74. The summed E-state index contributed by atoms with van der Waals surface area (Å²) in [4.78, 5) is 0. The molecule has 0 amide bonds. The van der Waals surface area contributed by atoms with Crippen LogP contribution < -0.4 is 5.32 Å². The molecule has 1 aliphatic rings. The minimum Gasteiger partial charge on any atom is -0.381 e. The van der Waals surface area contributed by atoms with E-state index in [-0.39, 0.29) is 0 Å². The highest BCUT2D eigenvalue weighted by Crippen LogP contribution is 2.32. The van der Waals surface area contributed by atoms with E-state index in [9.17, 15) is 0 Å². The zero-order valence-corrected chi connectivity index (χ0v) is 11.8. The minimum absolute atomic E-state index is 0.441. The van der Waals surface area contributed by atoms with Crippen LogP contribution in [0.5, 0.6) is 0 Å². The van der Waals surface area contributed by atoms with Crippen LogP contribution >= 0.6 is 0 Å². The second kappa shape index (κ2) is 6.35. The van der Waals surface area contributed by atoms with Crippen LogP contribution in [0.4, 0.5) is 0 Å². The third-order valence-corrected chi connectivity index (χ3v) is 3.94.